The molecular weight excluding hydrogens is 458 g/mol. The summed E-state index contributed by atoms with van der Waals surface area (Å²) in [7, 11) is 0. The second kappa shape index (κ2) is 10.5. The van der Waals surface area contributed by atoms with Crippen molar-refractivity contribution in [2.75, 3.05) is 11.5 Å². The van der Waals surface area contributed by atoms with E-state index in [9.17, 15) is 4.79 Å². The number of carbonyl (C=O) groups excluding carboxylic acids is 1. The first-order valence-electron chi connectivity index (χ1n) is 11.0. The van der Waals surface area contributed by atoms with Gasteiger partial charge < -0.3 is 10.1 Å². The van der Waals surface area contributed by atoms with Gasteiger partial charge in [0.25, 0.3) is 0 Å². The molecule has 0 aliphatic carbocycles. The van der Waals surface area contributed by atoms with Crippen molar-refractivity contribution in [2.24, 2.45) is 0 Å². The van der Waals surface area contributed by atoms with E-state index in [1.807, 2.05) is 30.3 Å². The van der Waals surface area contributed by atoms with Gasteiger partial charge >= 0.3 is 0 Å². The monoisotopic (exact) mass is 487 g/mol. The molecule has 3 aromatic rings. The minimum Gasteiger partial charge on any atom is -0.369 e. The van der Waals surface area contributed by atoms with Gasteiger partial charge in [0.05, 0.1) is 18.0 Å². The quantitative estimate of drug-likeness (QED) is 0.232. The topological polar surface area (TPSA) is 64.1 Å². The van der Waals surface area contributed by atoms with Gasteiger partial charge in [-0.3, -0.25) is 4.79 Å². The van der Waals surface area contributed by atoms with Gasteiger partial charge in [0, 0.05) is 29.0 Å². The SMILES string of the molecule is CCCSc1nc(SCC(=O)NCc2ccccc2)c2c3c(sc2n1)CO[C@@](C)(CC)C3. The van der Waals surface area contributed by atoms with E-state index in [-0.39, 0.29) is 11.5 Å². The fraction of sp³-hybridized carbons (Fsp3) is 0.458. The van der Waals surface area contributed by atoms with Crippen molar-refractivity contribution in [3.63, 3.8) is 0 Å². The molecule has 3 heterocycles. The fourth-order valence-electron chi connectivity index (χ4n) is 3.59. The summed E-state index contributed by atoms with van der Waals surface area (Å²) in [5.74, 6) is 1.33. The Balaban J connectivity index is 1.56. The van der Waals surface area contributed by atoms with Gasteiger partial charge in [-0.1, -0.05) is 67.7 Å². The standard InChI is InChI=1S/C24H29N3O2S3/c1-4-11-30-23-26-21(31-15-19(28)25-13-16-9-7-6-8-10-16)20-17-12-24(3,5-2)29-14-18(17)32-22(20)27-23/h6-10H,4-5,11-15H2,1-3H3,(H,25,28)/t24-/m0/s1. The van der Waals surface area contributed by atoms with Crippen LogP contribution in [0.25, 0.3) is 10.2 Å². The predicted octanol–water partition coefficient (Wildman–Crippen LogP) is 5.84. The molecule has 0 bridgehead atoms. The van der Waals surface area contributed by atoms with Crippen LogP contribution in [0.5, 0.6) is 0 Å². The van der Waals surface area contributed by atoms with Crippen molar-refractivity contribution in [1.82, 2.24) is 15.3 Å². The van der Waals surface area contributed by atoms with E-state index in [0.717, 1.165) is 51.0 Å². The number of aromatic nitrogens is 2. The Bertz CT molecular complexity index is 1090. The van der Waals surface area contributed by atoms with Crippen LogP contribution in [0.3, 0.4) is 0 Å². The second-order valence-corrected chi connectivity index (χ2v) is 11.3. The number of fused-ring (bicyclic) bond motifs is 3. The highest BCUT2D eigenvalue weighted by Gasteiger charge is 2.33. The zero-order chi connectivity index (χ0) is 22.6. The molecule has 1 amide bonds. The molecule has 2 aromatic heterocycles. The molecule has 0 saturated carbocycles. The summed E-state index contributed by atoms with van der Waals surface area (Å²) >= 11 is 4.91. The summed E-state index contributed by atoms with van der Waals surface area (Å²) in [6, 6.07) is 9.98. The molecule has 8 heteroatoms. The Kier molecular flexibility index (Phi) is 7.76. The molecule has 0 unspecified atom stereocenters. The van der Waals surface area contributed by atoms with Crippen molar-refractivity contribution in [3.8, 4) is 0 Å². The van der Waals surface area contributed by atoms with Crippen molar-refractivity contribution in [3.05, 3.63) is 46.3 Å². The maximum absolute atomic E-state index is 12.6. The van der Waals surface area contributed by atoms with E-state index in [1.54, 1.807) is 23.1 Å². The molecule has 170 valence electrons. The van der Waals surface area contributed by atoms with Crippen molar-refractivity contribution >= 4 is 51.0 Å². The number of ether oxygens (including phenoxy) is 1. The molecule has 1 aliphatic heterocycles. The average molecular weight is 488 g/mol. The van der Waals surface area contributed by atoms with Crippen molar-refractivity contribution in [1.29, 1.82) is 0 Å². The summed E-state index contributed by atoms with van der Waals surface area (Å²) in [6.45, 7) is 7.67. The second-order valence-electron chi connectivity index (χ2n) is 8.16. The van der Waals surface area contributed by atoms with Gasteiger partial charge in [0.1, 0.15) is 9.86 Å². The Morgan fingerprint density at radius 2 is 2.03 bits per heavy atom. The summed E-state index contributed by atoms with van der Waals surface area (Å²) in [4.78, 5) is 24.6. The molecule has 1 atom stereocenters. The highest BCUT2D eigenvalue weighted by atomic mass is 32.2. The zero-order valence-corrected chi connectivity index (χ0v) is 21.2. The van der Waals surface area contributed by atoms with Crippen LogP contribution < -0.4 is 5.32 Å². The Morgan fingerprint density at radius 1 is 1.22 bits per heavy atom. The smallest absolute Gasteiger partial charge is 0.230 e. The number of rotatable bonds is 9. The number of thioether (sulfide) groups is 2. The van der Waals surface area contributed by atoms with Crippen LogP contribution in [0.1, 0.15) is 49.6 Å². The lowest BCUT2D eigenvalue weighted by molar-refractivity contribution is -0.118. The van der Waals surface area contributed by atoms with Crippen LogP contribution in [-0.4, -0.2) is 33.0 Å². The third-order valence-corrected chi connectivity index (χ3v) is 8.77. The number of benzene rings is 1. The van der Waals surface area contributed by atoms with Crippen LogP contribution in [0, 0.1) is 0 Å². The minimum absolute atomic E-state index is 0.0132. The van der Waals surface area contributed by atoms with E-state index in [0.29, 0.717) is 18.9 Å². The molecule has 1 aliphatic rings. The molecule has 0 saturated heterocycles. The highest BCUT2D eigenvalue weighted by molar-refractivity contribution is 8.00. The summed E-state index contributed by atoms with van der Waals surface area (Å²) in [6.07, 6.45) is 2.89. The summed E-state index contributed by atoms with van der Waals surface area (Å²) < 4.78 is 6.16. The predicted molar refractivity (Wildman–Crippen MR) is 135 cm³/mol. The van der Waals surface area contributed by atoms with Gasteiger partial charge in [-0.05, 0) is 30.9 Å². The number of thiophene rings is 1. The van der Waals surface area contributed by atoms with E-state index in [4.69, 9.17) is 14.7 Å². The maximum Gasteiger partial charge on any atom is 0.230 e. The molecule has 1 N–H and O–H groups in total. The van der Waals surface area contributed by atoms with Crippen LogP contribution in [0.4, 0.5) is 0 Å². The molecule has 1 aromatic carbocycles. The highest BCUT2D eigenvalue weighted by Crippen LogP contribution is 2.43. The first-order valence-corrected chi connectivity index (χ1v) is 13.8. The van der Waals surface area contributed by atoms with E-state index in [2.05, 4.69) is 26.1 Å². The van der Waals surface area contributed by atoms with Gasteiger partial charge in [-0.2, -0.15) is 0 Å². The van der Waals surface area contributed by atoms with E-state index < -0.39 is 0 Å². The molecule has 0 radical (unpaired) electrons. The molecule has 0 spiro atoms. The lowest BCUT2D eigenvalue weighted by atomic mass is 9.90. The molecule has 32 heavy (non-hydrogen) atoms. The fourth-order valence-corrected chi connectivity index (χ4v) is 6.46. The van der Waals surface area contributed by atoms with Crippen LogP contribution in [-0.2, 0) is 29.1 Å². The zero-order valence-electron chi connectivity index (χ0n) is 18.8. The van der Waals surface area contributed by atoms with Gasteiger partial charge in [-0.15, -0.1) is 11.3 Å². The minimum atomic E-state index is -0.161. The lowest BCUT2D eigenvalue weighted by Gasteiger charge is -2.33. The van der Waals surface area contributed by atoms with Crippen molar-refractivity contribution in [2.45, 2.75) is 69.0 Å². The molecule has 5 nitrogen and oxygen atoms in total. The number of nitrogens with zero attached hydrogens (tertiary/aromatic N) is 2. The number of hydrogen-bond acceptors (Lipinski definition) is 7. The summed E-state index contributed by atoms with van der Waals surface area (Å²) in [5, 5.41) is 5.85. The van der Waals surface area contributed by atoms with E-state index >= 15 is 0 Å². The number of amides is 1. The normalized spacial score (nSPS) is 18.0. The molecular formula is C24H29N3O2S3. The van der Waals surface area contributed by atoms with Gasteiger partial charge in [0.15, 0.2) is 5.16 Å². The van der Waals surface area contributed by atoms with E-state index in [1.165, 1.54) is 22.2 Å². The Morgan fingerprint density at radius 3 is 2.78 bits per heavy atom. The Labute approximate surface area is 202 Å². The van der Waals surface area contributed by atoms with Gasteiger partial charge in [-0.25, -0.2) is 9.97 Å². The third-order valence-electron chi connectivity index (χ3n) is 5.64. The maximum atomic E-state index is 12.6. The van der Waals surface area contributed by atoms with Crippen LogP contribution in [0.2, 0.25) is 0 Å². The third kappa shape index (κ3) is 5.47. The first-order chi connectivity index (χ1) is 15.5. The number of carbonyl (C=O) groups is 1. The number of hydrogen-bond donors (Lipinski definition) is 1. The average Bonchev–Trinajstić information content (AvgIpc) is 3.18. The number of nitrogens with one attached hydrogen (secondary N) is 1. The van der Waals surface area contributed by atoms with Crippen LogP contribution in [0.15, 0.2) is 40.5 Å². The molecule has 0 fully saturated rings. The van der Waals surface area contributed by atoms with Crippen LogP contribution >= 0.6 is 34.9 Å². The van der Waals surface area contributed by atoms with Crippen molar-refractivity contribution < 1.29 is 9.53 Å². The largest absolute Gasteiger partial charge is 0.369 e. The van der Waals surface area contributed by atoms with Gasteiger partial charge in [0.2, 0.25) is 5.91 Å². The lowest BCUT2D eigenvalue weighted by Crippen LogP contribution is -2.33. The summed E-state index contributed by atoms with van der Waals surface area (Å²) in [5.41, 5.74) is 2.24. The molecule has 4 rings (SSSR count). The first kappa shape index (κ1) is 23.5. The Hall–Kier alpha value is -1.61.